The van der Waals surface area contributed by atoms with Gasteiger partial charge in [-0.25, -0.2) is 0 Å². The molecule has 1 aromatic carbocycles. The number of rotatable bonds is 11. The Hall–Kier alpha value is -1.89. The van der Waals surface area contributed by atoms with Crippen LogP contribution in [0.1, 0.15) is 64.4 Å². The minimum absolute atomic E-state index is 0.0740. The van der Waals surface area contributed by atoms with Crippen LogP contribution in [0.5, 0.6) is 0 Å². The standard InChI is InChI=1S/C28H43ClN4O2/c1-3-22(4-2)21-33-19-14-25(20-30-27(34)13-10-23-8-11-24(29)12-9-23)31-26(28(33)35)15-18-32-16-6-5-7-17-32/h8-13,22,25-26,31H,3-7,14-21H2,1-2H3,(H,30,34)/t25-,26-/m0/s1. The van der Waals surface area contributed by atoms with Crippen molar-refractivity contribution >= 4 is 29.5 Å². The zero-order valence-electron chi connectivity index (χ0n) is 21.5. The Bertz CT molecular complexity index is 819. The van der Waals surface area contributed by atoms with Crippen LogP contribution in [0, 0.1) is 5.92 Å². The van der Waals surface area contributed by atoms with Gasteiger partial charge in [-0.1, -0.05) is 56.8 Å². The third kappa shape index (κ3) is 9.25. The monoisotopic (exact) mass is 502 g/mol. The molecule has 35 heavy (non-hydrogen) atoms. The first-order valence-corrected chi connectivity index (χ1v) is 13.8. The number of hydrogen-bond donors (Lipinski definition) is 2. The predicted octanol–water partition coefficient (Wildman–Crippen LogP) is 4.34. The Morgan fingerprint density at radius 3 is 2.54 bits per heavy atom. The maximum atomic E-state index is 13.5. The highest BCUT2D eigenvalue weighted by molar-refractivity contribution is 6.30. The first-order chi connectivity index (χ1) is 17.0. The van der Waals surface area contributed by atoms with Crippen LogP contribution >= 0.6 is 11.6 Å². The lowest BCUT2D eigenvalue weighted by molar-refractivity contribution is -0.133. The SMILES string of the molecule is CCC(CC)CN1CC[C@@H](CNC(=O)C=Cc2ccc(Cl)cc2)N[C@@H](CCN2CCCCC2)C1=O. The van der Waals surface area contributed by atoms with E-state index in [1.807, 2.05) is 24.3 Å². The van der Waals surface area contributed by atoms with Crippen LogP contribution in [-0.4, -0.2) is 73.0 Å². The van der Waals surface area contributed by atoms with Crippen LogP contribution in [0.3, 0.4) is 0 Å². The summed E-state index contributed by atoms with van der Waals surface area (Å²) < 4.78 is 0. The Morgan fingerprint density at radius 1 is 1.14 bits per heavy atom. The van der Waals surface area contributed by atoms with Crippen LogP contribution in [0.2, 0.25) is 5.02 Å². The van der Waals surface area contributed by atoms with Crippen LogP contribution in [0.4, 0.5) is 0 Å². The summed E-state index contributed by atoms with van der Waals surface area (Å²) in [5.41, 5.74) is 0.928. The molecule has 3 rings (SSSR count). The van der Waals surface area contributed by atoms with Gasteiger partial charge in [0.15, 0.2) is 0 Å². The average Bonchev–Trinajstić information content (AvgIpc) is 3.03. The third-order valence-electron chi connectivity index (χ3n) is 7.43. The second-order valence-corrected chi connectivity index (χ2v) is 10.4. The van der Waals surface area contributed by atoms with Crippen LogP contribution < -0.4 is 10.6 Å². The largest absolute Gasteiger partial charge is 0.351 e. The minimum Gasteiger partial charge on any atom is -0.351 e. The summed E-state index contributed by atoms with van der Waals surface area (Å²) in [6.45, 7) is 9.72. The molecule has 2 atom stereocenters. The molecule has 6 nitrogen and oxygen atoms in total. The van der Waals surface area contributed by atoms with Crippen LogP contribution in [0.15, 0.2) is 30.3 Å². The molecule has 0 aromatic heterocycles. The van der Waals surface area contributed by atoms with Gasteiger partial charge in [-0.15, -0.1) is 0 Å². The number of carbonyl (C=O) groups excluding carboxylic acids is 2. The molecule has 0 spiro atoms. The van der Waals surface area contributed by atoms with Gasteiger partial charge in [0, 0.05) is 43.3 Å². The fraction of sp³-hybridized carbons (Fsp3) is 0.643. The molecule has 194 valence electrons. The zero-order chi connectivity index (χ0) is 25.0. The Labute approximate surface area is 216 Å². The molecule has 0 aliphatic carbocycles. The number of halogens is 1. The van der Waals surface area contributed by atoms with E-state index in [4.69, 9.17) is 11.6 Å². The average molecular weight is 503 g/mol. The molecule has 0 saturated carbocycles. The Morgan fingerprint density at radius 2 is 1.86 bits per heavy atom. The van der Waals surface area contributed by atoms with E-state index in [1.54, 1.807) is 12.2 Å². The molecular formula is C28H43ClN4O2. The van der Waals surface area contributed by atoms with Crippen molar-refractivity contribution in [2.45, 2.75) is 70.9 Å². The van der Waals surface area contributed by atoms with Gasteiger partial charge in [-0.3, -0.25) is 9.59 Å². The quantitative estimate of drug-likeness (QED) is 0.442. The van der Waals surface area contributed by atoms with E-state index in [9.17, 15) is 9.59 Å². The molecular weight excluding hydrogens is 460 g/mol. The smallest absolute Gasteiger partial charge is 0.244 e. The third-order valence-corrected chi connectivity index (χ3v) is 7.68. The van der Waals surface area contributed by atoms with Gasteiger partial charge in [0.25, 0.3) is 0 Å². The minimum atomic E-state index is -0.194. The van der Waals surface area contributed by atoms with Crippen molar-refractivity contribution in [1.82, 2.24) is 20.4 Å². The summed E-state index contributed by atoms with van der Waals surface area (Å²) in [6, 6.07) is 7.26. The van der Waals surface area contributed by atoms with E-state index < -0.39 is 0 Å². The van der Waals surface area contributed by atoms with Crippen molar-refractivity contribution in [2.75, 3.05) is 39.3 Å². The van der Waals surface area contributed by atoms with Crippen molar-refractivity contribution in [3.63, 3.8) is 0 Å². The van der Waals surface area contributed by atoms with Crippen LogP contribution in [-0.2, 0) is 9.59 Å². The topological polar surface area (TPSA) is 64.7 Å². The fourth-order valence-corrected chi connectivity index (χ4v) is 5.14. The number of likely N-dealkylation sites (tertiary alicyclic amines) is 1. The highest BCUT2D eigenvalue weighted by Gasteiger charge is 2.32. The first-order valence-electron chi connectivity index (χ1n) is 13.5. The summed E-state index contributed by atoms with van der Waals surface area (Å²) in [4.78, 5) is 30.5. The van der Waals surface area contributed by atoms with Gasteiger partial charge in [0.2, 0.25) is 11.8 Å². The number of hydrogen-bond acceptors (Lipinski definition) is 4. The molecule has 2 aliphatic heterocycles. The van der Waals surface area contributed by atoms with E-state index >= 15 is 0 Å². The molecule has 2 saturated heterocycles. The van der Waals surface area contributed by atoms with Crippen molar-refractivity contribution in [3.05, 3.63) is 40.9 Å². The number of carbonyl (C=O) groups is 2. The molecule has 2 heterocycles. The lowest BCUT2D eigenvalue weighted by Gasteiger charge is -2.30. The molecule has 2 aliphatic rings. The van der Waals surface area contributed by atoms with Crippen molar-refractivity contribution in [1.29, 1.82) is 0 Å². The molecule has 0 radical (unpaired) electrons. The van der Waals surface area contributed by atoms with Crippen molar-refractivity contribution in [3.8, 4) is 0 Å². The number of nitrogens with one attached hydrogen (secondary N) is 2. The summed E-state index contributed by atoms with van der Waals surface area (Å²) in [5, 5.41) is 7.31. The maximum Gasteiger partial charge on any atom is 0.244 e. The summed E-state index contributed by atoms with van der Waals surface area (Å²) >= 11 is 5.93. The van der Waals surface area contributed by atoms with Crippen molar-refractivity contribution in [2.24, 2.45) is 5.92 Å². The summed E-state index contributed by atoms with van der Waals surface area (Å²) in [7, 11) is 0. The molecule has 0 bridgehead atoms. The molecule has 0 unspecified atom stereocenters. The first kappa shape index (κ1) is 27.7. The highest BCUT2D eigenvalue weighted by atomic mass is 35.5. The molecule has 2 N–H and O–H groups in total. The number of benzene rings is 1. The van der Waals surface area contributed by atoms with Gasteiger partial charge in [0.1, 0.15) is 0 Å². The number of amides is 2. The predicted molar refractivity (Wildman–Crippen MR) is 144 cm³/mol. The van der Waals surface area contributed by atoms with E-state index in [0.29, 0.717) is 17.5 Å². The Kier molecular flexibility index (Phi) is 11.6. The molecule has 2 amide bonds. The van der Waals surface area contributed by atoms with Gasteiger partial charge < -0.3 is 20.4 Å². The van der Waals surface area contributed by atoms with E-state index in [2.05, 4.69) is 34.3 Å². The van der Waals surface area contributed by atoms with E-state index in [1.165, 1.54) is 19.3 Å². The maximum absolute atomic E-state index is 13.5. The van der Waals surface area contributed by atoms with Gasteiger partial charge in [-0.05, 0) is 68.5 Å². The zero-order valence-corrected chi connectivity index (χ0v) is 22.2. The van der Waals surface area contributed by atoms with E-state index in [0.717, 1.165) is 64.0 Å². The second-order valence-electron chi connectivity index (χ2n) is 9.99. The lowest BCUT2D eigenvalue weighted by atomic mass is 10.0. The van der Waals surface area contributed by atoms with Crippen LogP contribution in [0.25, 0.3) is 6.08 Å². The Balaban J connectivity index is 1.58. The highest BCUT2D eigenvalue weighted by Crippen LogP contribution is 2.17. The van der Waals surface area contributed by atoms with Gasteiger partial charge in [0.05, 0.1) is 6.04 Å². The molecule has 7 heteroatoms. The van der Waals surface area contributed by atoms with Crippen molar-refractivity contribution < 1.29 is 9.59 Å². The normalized spacial score (nSPS) is 22.1. The van der Waals surface area contributed by atoms with E-state index in [-0.39, 0.29) is 23.9 Å². The second kappa shape index (κ2) is 14.6. The summed E-state index contributed by atoms with van der Waals surface area (Å²) in [5.74, 6) is 0.636. The number of piperidine rings is 1. The fourth-order valence-electron chi connectivity index (χ4n) is 5.01. The molecule has 1 aromatic rings. The summed E-state index contributed by atoms with van der Waals surface area (Å²) in [6.07, 6.45) is 11.0. The number of nitrogens with zero attached hydrogens (tertiary/aromatic N) is 2. The molecule has 2 fully saturated rings. The van der Waals surface area contributed by atoms with Gasteiger partial charge >= 0.3 is 0 Å². The lowest BCUT2D eigenvalue weighted by Crippen LogP contribution is -2.50. The van der Waals surface area contributed by atoms with Gasteiger partial charge in [-0.2, -0.15) is 0 Å².